The molecule has 4 rings (SSSR count). The van der Waals surface area contributed by atoms with Gasteiger partial charge < -0.3 is 15.1 Å². The Bertz CT molecular complexity index is 833. The van der Waals surface area contributed by atoms with E-state index in [1.54, 1.807) is 0 Å². The number of anilines is 1. The first-order valence-electron chi connectivity index (χ1n) is 8.81. The Morgan fingerprint density at radius 3 is 2.52 bits per heavy atom. The van der Waals surface area contributed by atoms with Gasteiger partial charge in [0.1, 0.15) is 5.52 Å². The minimum Gasteiger partial charge on any atom is -0.436 e. The Balaban J connectivity index is 1.41. The van der Waals surface area contributed by atoms with Crippen LogP contribution in [0.5, 0.6) is 0 Å². The van der Waals surface area contributed by atoms with Crippen molar-refractivity contribution in [3.8, 4) is 11.5 Å². The van der Waals surface area contributed by atoms with Crippen molar-refractivity contribution >= 4 is 34.1 Å². The SMILES string of the molecule is S=C(Nc1ccc(-c2nc3ccccc3o2)cc1)NC1CCCCC1. The molecule has 0 aliphatic heterocycles. The summed E-state index contributed by atoms with van der Waals surface area (Å²) in [5, 5.41) is 7.38. The molecular formula is C20H21N3OS. The number of rotatable bonds is 3. The van der Waals surface area contributed by atoms with Crippen molar-refractivity contribution in [3.63, 3.8) is 0 Å². The number of fused-ring (bicyclic) bond motifs is 1. The van der Waals surface area contributed by atoms with Crippen LogP contribution in [0, 0.1) is 0 Å². The Labute approximate surface area is 152 Å². The fourth-order valence-corrected chi connectivity index (χ4v) is 3.58. The lowest BCUT2D eigenvalue weighted by Gasteiger charge is -2.24. The van der Waals surface area contributed by atoms with Gasteiger partial charge >= 0.3 is 0 Å². The number of hydrogen-bond donors (Lipinski definition) is 2. The van der Waals surface area contributed by atoms with Gasteiger partial charge in [-0.3, -0.25) is 0 Å². The normalized spacial score (nSPS) is 15.2. The van der Waals surface area contributed by atoms with Crippen LogP contribution in [0.15, 0.2) is 52.9 Å². The maximum atomic E-state index is 5.81. The number of benzene rings is 2. The fourth-order valence-electron chi connectivity index (χ4n) is 3.29. The van der Waals surface area contributed by atoms with E-state index < -0.39 is 0 Å². The zero-order valence-corrected chi connectivity index (χ0v) is 14.8. The summed E-state index contributed by atoms with van der Waals surface area (Å²) < 4.78 is 5.81. The second kappa shape index (κ2) is 7.23. The molecule has 0 atom stereocenters. The van der Waals surface area contributed by atoms with Crippen LogP contribution in [0.1, 0.15) is 32.1 Å². The first-order chi connectivity index (χ1) is 12.3. The molecule has 0 unspecified atom stereocenters. The van der Waals surface area contributed by atoms with E-state index in [2.05, 4.69) is 15.6 Å². The van der Waals surface area contributed by atoms with Gasteiger partial charge in [-0.2, -0.15) is 0 Å². The highest BCUT2D eigenvalue weighted by atomic mass is 32.1. The Morgan fingerprint density at radius 1 is 1.00 bits per heavy atom. The fraction of sp³-hybridized carbons (Fsp3) is 0.300. The van der Waals surface area contributed by atoms with Gasteiger partial charge in [0.2, 0.25) is 5.89 Å². The zero-order chi connectivity index (χ0) is 17.1. The quantitative estimate of drug-likeness (QED) is 0.642. The third-order valence-corrected chi connectivity index (χ3v) is 4.84. The van der Waals surface area contributed by atoms with E-state index in [1.807, 2.05) is 48.5 Å². The number of nitrogens with one attached hydrogen (secondary N) is 2. The third-order valence-electron chi connectivity index (χ3n) is 4.62. The van der Waals surface area contributed by atoms with E-state index in [4.69, 9.17) is 16.6 Å². The van der Waals surface area contributed by atoms with E-state index in [9.17, 15) is 0 Å². The van der Waals surface area contributed by atoms with E-state index in [0.29, 0.717) is 17.0 Å². The van der Waals surface area contributed by atoms with Crippen LogP contribution in [0.4, 0.5) is 5.69 Å². The van der Waals surface area contributed by atoms with Crippen LogP contribution < -0.4 is 10.6 Å². The molecule has 2 N–H and O–H groups in total. The summed E-state index contributed by atoms with van der Waals surface area (Å²) in [4.78, 5) is 4.53. The summed E-state index contributed by atoms with van der Waals surface area (Å²) in [6, 6.07) is 16.3. The largest absolute Gasteiger partial charge is 0.436 e. The topological polar surface area (TPSA) is 50.1 Å². The molecule has 25 heavy (non-hydrogen) atoms. The van der Waals surface area contributed by atoms with Gasteiger partial charge in [-0.25, -0.2) is 4.98 Å². The van der Waals surface area contributed by atoms with Crippen molar-refractivity contribution in [1.82, 2.24) is 10.3 Å². The minimum absolute atomic E-state index is 0.507. The number of nitrogens with zero attached hydrogens (tertiary/aromatic N) is 1. The molecular weight excluding hydrogens is 330 g/mol. The Kier molecular flexibility index (Phi) is 4.65. The molecule has 0 saturated heterocycles. The van der Waals surface area contributed by atoms with E-state index >= 15 is 0 Å². The standard InChI is InChI=1S/C20H21N3OS/c25-20(21-15-6-2-1-3-7-15)22-16-12-10-14(11-13-16)19-23-17-8-4-5-9-18(17)24-19/h4-5,8-13,15H,1-3,6-7H2,(H2,21,22,25). The van der Waals surface area contributed by atoms with Crippen molar-refractivity contribution in [2.75, 3.05) is 5.32 Å². The van der Waals surface area contributed by atoms with Crippen molar-refractivity contribution in [2.45, 2.75) is 38.1 Å². The molecule has 1 aliphatic carbocycles. The summed E-state index contributed by atoms with van der Waals surface area (Å²) >= 11 is 5.43. The molecule has 0 bridgehead atoms. The maximum absolute atomic E-state index is 5.81. The molecule has 1 aliphatic rings. The average Bonchev–Trinajstić information content (AvgIpc) is 3.07. The summed E-state index contributed by atoms with van der Waals surface area (Å²) in [5.74, 6) is 0.635. The van der Waals surface area contributed by atoms with Crippen LogP contribution >= 0.6 is 12.2 Å². The number of para-hydroxylation sites is 2. The maximum Gasteiger partial charge on any atom is 0.227 e. The number of aromatic nitrogens is 1. The number of hydrogen-bond acceptors (Lipinski definition) is 3. The molecule has 0 amide bonds. The molecule has 3 aromatic rings. The summed E-state index contributed by atoms with van der Waals surface area (Å²) in [6.07, 6.45) is 6.34. The van der Waals surface area contributed by atoms with E-state index in [1.165, 1.54) is 32.1 Å². The predicted molar refractivity (Wildman–Crippen MR) is 106 cm³/mol. The summed E-state index contributed by atoms with van der Waals surface area (Å²) in [7, 11) is 0. The van der Waals surface area contributed by atoms with Crippen molar-refractivity contribution in [1.29, 1.82) is 0 Å². The first kappa shape index (κ1) is 16.1. The molecule has 4 nitrogen and oxygen atoms in total. The minimum atomic E-state index is 0.507. The van der Waals surface area contributed by atoms with Gasteiger partial charge in [0, 0.05) is 17.3 Å². The van der Waals surface area contributed by atoms with Crippen molar-refractivity contribution < 1.29 is 4.42 Å². The van der Waals surface area contributed by atoms with Gasteiger partial charge in [0.15, 0.2) is 10.7 Å². The van der Waals surface area contributed by atoms with Gasteiger partial charge in [0.05, 0.1) is 0 Å². The predicted octanol–water partition coefficient (Wildman–Crippen LogP) is 5.11. The van der Waals surface area contributed by atoms with Crippen LogP contribution in [-0.2, 0) is 0 Å². The van der Waals surface area contributed by atoms with Gasteiger partial charge in [-0.1, -0.05) is 31.4 Å². The Morgan fingerprint density at radius 2 is 1.76 bits per heavy atom. The molecule has 0 spiro atoms. The molecule has 5 heteroatoms. The van der Waals surface area contributed by atoms with Crippen molar-refractivity contribution in [3.05, 3.63) is 48.5 Å². The summed E-state index contributed by atoms with van der Waals surface area (Å²) in [6.45, 7) is 0. The van der Waals surface area contributed by atoms with Crippen LogP contribution in [0.25, 0.3) is 22.6 Å². The molecule has 1 fully saturated rings. The smallest absolute Gasteiger partial charge is 0.227 e. The average molecular weight is 351 g/mol. The molecule has 0 radical (unpaired) electrons. The molecule has 2 aromatic carbocycles. The van der Waals surface area contributed by atoms with E-state index in [-0.39, 0.29) is 0 Å². The second-order valence-electron chi connectivity index (χ2n) is 6.50. The lowest BCUT2D eigenvalue weighted by Crippen LogP contribution is -2.38. The molecule has 1 heterocycles. The van der Waals surface area contributed by atoms with Gasteiger partial charge in [-0.05, 0) is 61.5 Å². The lowest BCUT2D eigenvalue weighted by molar-refractivity contribution is 0.415. The third kappa shape index (κ3) is 3.82. The molecule has 128 valence electrons. The Hall–Kier alpha value is -2.40. The first-order valence-corrected chi connectivity index (χ1v) is 9.22. The summed E-state index contributed by atoms with van der Waals surface area (Å²) in [5.41, 5.74) is 3.59. The van der Waals surface area contributed by atoms with Crippen LogP contribution in [-0.4, -0.2) is 16.1 Å². The number of thiocarbonyl (C=S) groups is 1. The molecule has 1 aromatic heterocycles. The molecule has 1 saturated carbocycles. The zero-order valence-electron chi connectivity index (χ0n) is 14.0. The van der Waals surface area contributed by atoms with E-state index in [0.717, 1.165) is 22.4 Å². The number of oxazole rings is 1. The van der Waals surface area contributed by atoms with Crippen molar-refractivity contribution in [2.24, 2.45) is 0 Å². The van der Waals surface area contributed by atoms with Crippen LogP contribution in [0.2, 0.25) is 0 Å². The highest BCUT2D eigenvalue weighted by molar-refractivity contribution is 7.80. The van der Waals surface area contributed by atoms with Gasteiger partial charge in [0.25, 0.3) is 0 Å². The highest BCUT2D eigenvalue weighted by Crippen LogP contribution is 2.25. The second-order valence-corrected chi connectivity index (χ2v) is 6.91. The lowest BCUT2D eigenvalue weighted by atomic mass is 9.96. The highest BCUT2D eigenvalue weighted by Gasteiger charge is 2.14. The van der Waals surface area contributed by atoms with Crippen LogP contribution in [0.3, 0.4) is 0 Å². The monoisotopic (exact) mass is 351 g/mol. The van der Waals surface area contributed by atoms with Gasteiger partial charge in [-0.15, -0.1) is 0 Å².